The van der Waals surface area contributed by atoms with Crippen molar-refractivity contribution in [3.8, 4) is 0 Å². The Kier molecular flexibility index (Phi) is 2.78. The van der Waals surface area contributed by atoms with Gasteiger partial charge in [0.15, 0.2) is 0 Å². The second kappa shape index (κ2) is 3.76. The van der Waals surface area contributed by atoms with Gasteiger partial charge >= 0.3 is 0 Å². The summed E-state index contributed by atoms with van der Waals surface area (Å²) in [6.07, 6.45) is 4.66. The molecule has 14 heavy (non-hydrogen) atoms. The molecule has 0 heterocycles. The summed E-state index contributed by atoms with van der Waals surface area (Å²) in [6.45, 7) is 0. The topological polar surface area (TPSA) is 26.0 Å². The second-order valence-electron chi connectivity index (χ2n) is 5.09. The number of hydrogen-bond acceptors (Lipinski definition) is 1. The summed E-state index contributed by atoms with van der Waals surface area (Å²) in [6, 6.07) is 0. The minimum Gasteiger partial charge on any atom is -0.325 e. The monoisotopic (exact) mass is 203 g/mol. The van der Waals surface area contributed by atoms with Crippen molar-refractivity contribution in [1.29, 1.82) is 0 Å². The first kappa shape index (κ1) is 10.3. The van der Waals surface area contributed by atoms with Crippen LogP contribution >= 0.6 is 0 Å². The molecule has 2 N–H and O–H groups in total. The van der Waals surface area contributed by atoms with E-state index in [0.717, 1.165) is 44.9 Å². The van der Waals surface area contributed by atoms with Crippen molar-refractivity contribution < 1.29 is 8.78 Å². The Morgan fingerprint density at radius 3 is 2.57 bits per heavy atom. The van der Waals surface area contributed by atoms with E-state index in [-0.39, 0.29) is 17.4 Å². The molecule has 0 radical (unpaired) electrons. The first-order chi connectivity index (χ1) is 6.61. The molecule has 2 rings (SSSR count). The van der Waals surface area contributed by atoms with Gasteiger partial charge in [0.1, 0.15) is 0 Å². The zero-order chi connectivity index (χ0) is 10.2. The van der Waals surface area contributed by atoms with Crippen molar-refractivity contribution >= 4 is 0 Å². The van der Waals surface area contributed by atoms with Gasteiger partial charge in [-0.3, -0.25) is 0 Å². The molecule has 82 valence electrons. The number of halogens is 2. The molecule has 2 aliphatic rings. The molecular formula is C11H19F2N. The lowest BCUT2D eigenvalue weighted by molar-refractivity contribution is 0.0530. The van der Waals surface area contributed by atoms with Crippen LogP contribution in [0.1, 0.15) is 44.9 Å². The quantitative estimate of drug-likeness (QED) is 0.747. The van der Waals surface area contributed by atoms with Crippen molar-refractivity contribution in [3.05, 3.63) is 0 Å². The van der Waals surface area contributed by atoms with Gasteiger partial charge in [-0.25, -0.2) is 8.78 Å². The Morgan fingerprint density at radius 1 is 1.29 bits per heavy atom. The van der Waals surface area contributed by atoms with Crippen LogP contribution in [0.15, 0.2) is 0 Å². The van der Waals surface area contributed by atoms with Gasteiger partial charge in [0.05, 0.1) is 0 Å². The third kappa shape index (κ3) is 2.25. The minimum absolute atomic E-state index is 0.0370. The standard InChI is InChI=1S/C11H19F2N/c12-10(13)9-3-1-2-8(9)4-5-11(14)6-7-11/h8-10H,1-7,14H2. The lowest BCUT2D eigenvalue weighted by atomic mass is 9.90. The van der Waals surface area contributed by atoms with Crippen molar-refractivity contribution in [2.24, 2.45) is 17.6 Å². The van der Waals surface area contributed by atoms with Crippen LogP contribution in [0, 0.1) is 11.8 Å². The molecule has 3 heteroatoms. The van der Waals surface area contributed by atoms with E-state index in [0.29, 0.717) is 0 Å². The highest BCUT2D eigenvalue weighted by Gasteiger charge is 2.40. The summed E-state index contributed by atoms with van der Waals surface area (Å²) in [4.78, 5) is 0. The van der Waals surface area contributed by atoms with Gasteiger partial charge in [0.2, 0.25) is 6.43 Å². The van der Waals surface area contributed by atoms with Gasteiger partial charge in [-0.05, 0) is 44.4 Å². The van der Waals surface area contributed by atoms with Gasteiger partial charge in [0.25, 0.3) is 0 Å². The Labute approximate surface area is 84.0 Å². The number of hydrogen-bond donors (Lipinski definition) is 1. The lowest BCUT2D eigenvalue weighted by Gasteiger charge is -2.20. The molecule has 2 fully saturated rings. The number of alkyl halides is 2. The molecule has 2 unspecified atom stereocenters. The highest BCUT2D eigenvalue weighted by molar-refractivity contribution is 4.99. The maximum Gasteiger partial charge on any atom is 0.241 e. The smallest absolute Gasteiger partial charge is 0.241 e. The summed E-state index contributed by atoms with van der Waals surface area (Å²) in [5.74, 6) is -0.0895. The van der Waals surface area contributed by atoms with Crippen LogP contribution in [-0.2, 0) is 0 Å². The molecule has 0 aromatic heterocycles. The van der Waals surface area contributed by atoms with Gasteiger partial charge in [-0.15, -0.1) is 0 Å². The SMILES string of the molecule is NC1(CCC2CCCC2C(F)F)CC1. The molecule has 0 saturated heterocycles. The van der Waals surface area contributed by atoms with E-state index in [1.807, 2.05) is 0 Å². The Balaban J connectivity index is 1.78. The zero-order valence-electron chi connectivity index (χ0n) is 8.52. The fourth-order valence-electron chi connectivity index (χ4n) is 2.64. The largest absolute Gasteiger partial charge is 0.325 e. The first-order valence-electron chi connectivity index (χ1n) is 5.68. The average Bonchev–Trinajstić information content (AvgIpc) is 2.68. The maximum absolute atomic E-state index is 12.6. The molecule has 0 amide bonds. The third-order valence-corrected chi connectivity index (χ3v) is 3.95. The summed E-state index contributed by atoms with van der Waals surface area (Å²) in [5, 5.41) is 0. The zero-order valence-corrected chi connectivity index (χ0v) is 8.52. The van der Waals surface area contributed by atoms with E-state index in [1.54, 1.807) is 0 Å². The third-order valence-electron chi connectivity index (χ3n) is 3.95. The van der Waals surface area contributed by atoms with Crippen molar-refractivity contribution in [3.63, 3.8) is 0 Å². The maximum atomic E-state index is 12.6. The van der Waals surface area contributed by atoms with E-state index >= 15 is 0 Å². The van der Waals surface area contributed by atoms with Gasteiger partial charge in [0, 0.05) is 11.5 Å². The second-order valence-corrected chi connectivity index (χ2v) is 5.09. The highest BCUT2D eigenvalue weighted by atomic mass is 19.3. The van der Waals surface area contributed by atoms with Crippen LogP contribution in [0.3, 0.4) is 0 Å². The van der Waals surface area contributed by atoms with Crippen LogP contribution in [-0.4, -0.2) is 12.0 Å². The molecular weight excluding hydrogens is 184 g/mol. The van der Waals surface area contributed by atoms with Crippen LogP contribution in [0.5, 0.6) is 0 Å². The van der Waals surface area contributed by atoms with E-state index in [1.165, 1.54) is 0 Å². The van der Waals surface area contributed by atoms with E-state index in [4.69, 9.17) is 5.73 Å². The molecule has 2 aliphatic carbocycles. The number of rotatable bonds is 4. The average molecular weight is 203 g/mol. The summed E-state index contributed by atoms with van der Waals surface area (Å²) in [7, 11) is 0. The fourth-order valence-corrected chi connectivity index (χ4v) is 2.64. The Hall–Kier alpha value is -0.180. The van der Waals surface area contributed by atoms with Crippen molar-refractivity contribution in [2.45, 2.75) is 56.9 Å². The molecule has 2 atom stereocenters. The van der Waals surface area contributed by atoms with Gasteiger partial charge in [-0.1, -0.05) is 6.42 Å². The van der Waals surface area contributed by atoms with E-state index in [2.05, 4.69) is 0 Å². The van der Waals surface area contributed by atoms with Gasteiger partial charge in [-0.2, -0.15) is 0 Å². The molecule has 0 aromatic carbocycles. The van der Waals surface area contributed by atoms with Crippen molar-refractivity contribution in [2.75, 3.05) is 0 Å². The molecule has 0 bridgehead atoms. The number of nitrogens with two attached hydrogens (primary N) is 1. The van der Waals surface area contributed by atoms with Gasteiger partial charge < -0.3 is 5.73 Å². The Bertz CT molecular complexity index is 201. The molecule has 0 aliphatic heterocycles. The summed E-state index contributed by atoms with van der Waals surface area (Å²) in [5.41, 5.74) is 6.00. The lowest BCUT2D eigenvalue weighted by Crippen LogP contribution is -2.24. The molecule has 2 saturated carbocycles. The first-order valence-corrected chi connectivity index (χ1v) is 5.68. The van der Waals surface area contributed by atoms with Crippen LogP contribution in [0.4, 0.5) is 8.78 Å². The molecule has 0 aromatic rings. The Morgan fingerprint density at radius 2 is 2.00 bits per heavy atom. The van der Waals surface area contributed by atoms with Crippen LogP contribution in [0.25, 0.3) is 0 Å². The minimum atomic E-state index is -2.12. The normalized spacial score (nSPS) is 35.1. The van der Waals surface area contributed by atoms with E-state index in [9.17, 15) is 8.78 Å². The fraction of sp³-hybridized carbons (Fsp3) is 1.00. The van der Waals surface area contributed by atoms with E-state index < -0.39 is 6.43 Å². The molecule has 1 nitrogen and oxygen atoms in total. The molecule has 0 spiro atoms. The van der Waals surface area contributed by atoms with Crippen LogP contribution in [0.2, 0.25) is 0 Å². The summed E-state index contributed by atoms with van der Waals surface area (Å²) < 4.78 is 25.2. The van der Waals surface area contributed by atoms with Crippen LogP contribution < -0.4 is 5.73 Å². The highest BCUT2D eigenvalue weighted by Crippen LogP contribution is 2.43. The predicted octanol–water partition coefficient (Wildman–Crippen LogP) is 2.94. The predicted molar refractivity (Wildman–Crippen MR) is 52.2 cm³/mol. The summed E-state index contributed by atoms with van der Waals surface area (Å²) >= 11 is 0. The van der Waals surface area contributed by atoms with Crippen molar-refractivity contribution in [1.82, 2.24) is 0 Å².